The zero-order valence-electron chi connectivity index (χ0n) is 8.22. The third-order valence-corrected chi connectivity index (χ3v) is 4.64. The van der Waals surface area contributed by atoms with Crippen LogP contribution in [0.4, 0.5) is 0 Å². The Morgan fingerprint density at radius 2 is 1.29 bits per heavy atom. The van der Waals surface area contributed by atoms with Gasteiger partial charge in [0, 0.05) is 22.6 Å². The number of carbonyl (C=O) groups excluding carboxylic acids is 1. The maximum Gasteiger partial charge on any atom is 0.141 e. The monoisotopic (exact) mass is 234 g/mol. The van der Waals surface area contributed by atoms with Crippen LogP contribution in [0.25, 0.3) is 0 Å². The van der Waals surface area contributed by atoms with Gasteiger partial charge in [-0.3, -0.25) is 4.79 Å². The first-order valence-electron chi connectivity index (χ1n) is 5.52. The average Bonchev–Trinajstić information content (AvgIpc) is 2.73. The zero-order chi connectivity index (χ0) is 10.1. The van der Waals surface area contributed by atoms with E-state index in [4.69, 9.17) is 23.2 Å². The van der Waals surface area contributed by atoms with Crippen LogP contribution in [-0.2, 0) is 4.79 Å². The Hall–Kier alpha value is 0.250. The molecule has 2 aliphatic carbocycles. The second-order valence-electron chi connectivity index (χ2n) is 4.51. The largest absolute Gasteiger partial charge is 0.299 e. The Balaban J connectivity index is 2.00. The summed E-state index contributed by atoms with van der Waals surface area (Å²) in [5.74, 6) is 0.544. The Labute approximate surface area is 95.1 Å². The second kappa shape index (κ2) is 4.40. The van der Waals surface area contributed by atoms with Gasteiger partial charge in [0.15, 0.2) is 0 Å². The van der Waals surface area contributed by atoms with E-state index in [1.165, 1.54) is 0 Å². The maximum atomic E-state index is 12.1. The first-order chi connectivity index (χ1) is 6.70. The molecule has 2 aliphatic rings. The number of rotatable bonds is 2. The molecule has 4 unspecified atom stereocenters. The fourth-order valence-electron chi connectivity index (χ4n) is 2.75. The highest BCUT2D eigenvalue weighted by Crippen LogP contribution is 2.38. The van der Waals surface area contributed by atoms with Crippen LogP contribution in [0.2, 0.25) is 0 Å². The molecule has 2 fully saturated rings. The summed E-state index contributed by atoms with van der Waals surface area (Å²) in [5.41, 5.74) is 0. The molecule has 0 spiro atoms. The summed E-state index contributed by atoms with van der Waals surface area (Å²) >= 11 is 12.3. The van der Waals surface area contributed by atoms with Gasteiger partial charge >= 0.3 is 0 Å². The van der Waals surface area contributed by atoms with Crippen LogP contribution in [0.5, 0.6) is 0 Å². The van der Waals surface area contributed by atoms with Crippen molar-refractivity contribution in [2.45, 2.75) is 49.3 Å². The Kier molecular flexibility index (Phi) is 3.38. The number of hydrogen-bond acceptors (Lipinski definition) is 1. The first kappa shape index (κ1) is 10.8. The van der Waals surface area contributed by atoms with Gasteiger partial charge in [-0.1, -0.05) is 12.8 Å². The molecule has 1 nitrogen and oxygen atoms in total. The standard InChI is InChI=1S/C11H16Cl2O/c12-9-5-1-3-7(9)11(14)8-4-2-6-10(8)13/h7-10H,1-6H2. The van der Waals surface area contributed by atoms with E-state index in [2.05, 4.69) is 0 Å². The van der Waals surface area contributed by atoms with E-state index in [-0.39, 0.29) is 22.6 Å². The average molecular weight is 235 g/mol. The number of Topliss-reactive ketones (excluding diaryl/α,β-unsaturated/α-hetero) is 1. The van der Waals surface area contributed by atoms with Gasteiger partial charge in [0.2, 0.25) is 0 Å². The normalized spacial score (nSPS) is 43.0. The molecule has 0 aromatic carbocycles. The van der Waals surface area contributed by atoms with E-state index >= 15 is 0 Å². The highest BCUT2D eigenvalue weighted by atomic mass is 35.5. The predicted octanol–water partition coefficient (Wildman–Crippen LogP) is 3.37. The lowest BCUT2D eigenvalue weighted by Gasteiger charge is -2.19. The molecule has 0 aliphatic heterocycles. The van der Waals surface area contributed by atoms with Gasteiger partial charge in [-0.05, 0) is 25.7 Å². The van der Waals surface area contributed by atoms with Crippen molar-refractivity contribution in [3.63, 3.8) is 0 Å². The predicted molar refractivity (Wildman–Crippen MR) is 59.0 cm³/mol. The molecular weight excluding hydrogens is 219 g/mol. The molecule has 80 valence electrons. The number of carbonyl (C=O) groups is 1. The van der Waals surface area contributed by atoms with Crippen LogP contribution in [0.15, 0.2) is 0 Å². The molecule has 0 amide bonds. The first-order valence-corrected chi connectivity index (χ1v) is 6.39. The second-order valence-corrected chi connectivity index (χ2v) is 5.63. The molecule has 0 aromatic rings. The molecule has 14 heavy (non-hydrogen) atoms. The summed E-state index contributed by atoms with van der Waals surface area (Å²) < 4.78 is 0. The topological polar surface area (TPSA) is 17.1 Å². The minimum absolute atomic E-state index is 0.0759. The van der Waals surface area contributed by atoms with Crippen LogP contribution in [-0.4, -0.2) is 16.5 Å². The van der Waals surface area contributed by atoms with Crippen molar-refractivity contribution in [3.8, 4) is 0 Å². The lowest BCUT2D eigenvalue weighted by molar-refractivity contribution is -0.126. The summed E-state index contributed by atoms with van der Waals surface area (Å²) in [7, 11) is 0. The highest BCUT2D eigenvalue weighted by molar-refractivity contribution is 6.24. The molecular formula is C11H16Cl2O. The van der Waals surface area contributed by atoms with Crippen molar-refractivity contribution < 1.29 is 4.79 Å². The summed E-state index contributed by atoms with van der Waals surface area (Å²) in [6.07, 6.45) is 6.16. The Bertz CT molecular complexity index is 207. The highest BCUT2D eigenvalue weighted by Gasteiger charge is 2.39. The summed E-state index contributed by atoms with van der Waals surface area (Å²) in [5, 5.41) is 0.152. The van der Waals surface area contributed by atoms with Crippen LogP contribution in [0, 0.1) is 11.8 Å². The van der Waals surface area contributed by atoms with Crippen molar-refractivity contribution in [3.05, 3.63) is 0 Å². The minimum Gasteiger partial charge on any atom is -0.299 e. The molecule has 0 N–H and O–H groups in total. The number of hydrogen-bond donors (Lipinski definition) is 0. The van der Waals surface area contributed by atoms with Crippen LogP contribution >= 0.6 is 23.2 Å². The molecule has 2 saturated carbocycles. The molecule has 2 rings (SSSR count). The third kappa shape index (κ3) is 1.94. The van der Waals surface area contributed by atoms with Gasteiger partial charge in [-0.15, -0.1) is 23.2 Å². The van der Waals surface area contributed by atoms with E-state index in [9.17, 15) is 4.79 Å². The Morgan fingerprint density at radius 3 is 1.57 bits per heavy atom. The summed E-state index contributed by atoms with van der Waals surface area (Å²) in [6.45, 7) is 0. The van der Waals surface area contributed by atoms with Crippen LogP contribution in [0.3, 0.4) is 0 Å². The molecule has 0 heterocycles. The molecule has 0 saturated heterocycles. The summed E-state index contributed by atoms with van der Waals surface area (Å²) in [4.78, 5) is 12.1. The summed E-state index contributed by atoms with van der Waals surface area (Å²) in [6, 6.07) is 0. The molecule has 0 radical (unpaired) electrons. The fourth-order valence-corrected chi connectivity index (χ4v) is 3.55. The number of ketones is 1. The van der Waals surface area contributed by atoms with Crippen LogP contribution in [0.1, 0.15) is 38.5 Å². The van der Waals surface area contributed by atoms with E-state index < -0.39 is 0 Å². The van der Waals surface area contributed by atoms with Gasteiger partial charge < -0.3 is 0 Å². The molecule has 3 heteroatoms. The lowest BCUT2D eigenvalue weighted by Crippen LogP contribution is -2.29. The number of halogens is 2. The van der Waals surface area contributed by atoms with Gasteiger partial charge in [0.25, 0.3) is 0 Å². The van der Waals surface area contributed by atoms with Crippen molar-refractivity contribution in [2.75, 3.05) is 0 Å². The van der Waals surface area contributed by atoms with E-state index in [0.29, 0.717) is 5.78 Å². The van der Waals surface area contributed by atoms with E-state index in [0.717, 1.165) is 38.5 Å². The zero-order valence-corrected chi connectivity index (χ0v) is 9.73. The molecule has 0 aromatic heterocycles. The maximum absolute atomic E-state index is 12.1. The lowest BCUT2D eigenvalue weighted by atomic mass is 9.90. The van der Waals surface area contributed by atoms with Gasteiger partial charge in [0.05, 0.1) is 0 Å². The van der Waals surface area contributed by atoms with Gasteiger partial charge in [0.1, 0.15) is 5.78 Å². The molecule has 0 bridgehead atoms. The minimum atomic E-state index is 0.0759. The number of alkyl halides is 2. The van der Waals surface area contributed by atoms with E-state index in [1.807, 2.05) is 0 Å². The fraction of sp³-hybridized carbons (Fsp3) is 0.909. The quantitative estimate of drug-likeness (QED) is 0.670. The van der Waals surface area contributed by atoms with Crippen molar-refractivity contribution in [2.24, 2.45) is 11.8 Å². The SMILES string of the molecule is O=C(C1CCCC1Cl)C1CCCC1Cl. The van der Waals surface area contributed by atoms with Crippen molar-refractivity contribution >= 4 is 29.0 Å². The van der Waals surface area contributed by atoms with Gasteiger partial charge in [-0.25, -0.2) is 0 Å². The van der Waals surface area contributed by atoms with Gasteiger partial charge in [-0.2, -0.15) is 0 Å². The third-order valence-electron chi connectivity index (χ3n) is 3.59. The molecule has 4 atom stereocenters. The van der Waals surface area contributed by atoms with E-state index in [1.54, 1.807) is 0 Å². The Morgan fingerprint density at radius 1 is 0.857 bits per heavy atom. The van der Waals surface area contributed by atoms with Crippen molar-refractivity contribution in [1.82, 2.24) is 0 Å². The van der Waals surface area contributed by atoms with Crippen LogP contribution < -0.4 is 0 Å². The van der Waals surface area contributed by atoms with Crippen molar-refractivity contribution in [1.29, 1.82) is 0 Å². The smallest absolute Gasteiger partial charge is 0.141 e.